The third kappa shape index (κ3) is 4.24. The third-order valence-corrected chi connectivity index (χ3v) is 4.27. The molecule has 1 saturated heterocycles. The Morgan fingerprint density at radius 3 is 2.79 bits per heavy atom. The minimum Gasteiger partial charge on any atom is -0.445 e. The number of amides is 1. The summed E-state index contributed by atoms with van der Waals surface area (Å²) in [5.74, 6) is 0.755. The first-order chi connectivity index (χ1) is 11.6. The normalized spacial score (nSPS) is 20.0. The maximum atomic E-state index is 11.9. The number of pyridine rings is 1. The van der Waals surface area contributed by atoms with E-state index in [-0.39, 0.29) is 6.61 Å². The van der Waals surface area contributed by atoms with Gasteiger partial charge in [-0.3, -0.25) is 0 Å². The number of halogens is 1. The number of anilines is 1. The van der Waals surface area contributed by atoms with Crippen LogP contribution in [0.4, 0.5) is 10.6 Å². The molecule has 0 bridgehead atoms. The highest BCUT2D eigenvalue weighted by molar-refractivity contribution is 9.10. The van der Waals surface area contributed by atoms with Gasteiger partial charge in [-0.05, 0) is 33.6 Å². The van der Waals surface area contributed by atoms with E-state index in [1.807, 2.05) is 53.4 Å². The van der Waals surface area contributed by atoms with Crippen molar-refractivity contribution >= 4 is 27.8 Å². The summed E-state index contributed by atoms with van der Waals surface area (Å²) in [6.45, 7) is 1.09. The van der Waals surface area contributed by atoms with Crippen LogP contribution in [-0.2, 0) is 11.3 Å². The number of hydrogen-bond acceptors (Lipinski definition) is 5. The molecule has 1 aliphatic rings. The number of carbonyl (C=O) groups is 1. The molecule has 1 aromatic carbocycles. The summed E-state index contributed by atoms with van der Waals surface area (Å²) in [7, 11) is 0. The number of nitrogens with one attached hydrogen (secondary N) is 1. The molecule has 2 atom stereocenters. The van der Waals surface area contributed by atoms with E-state index in [4.69, 9.17) is 4.74 Å². The summed E-state index contributed by atoms with van der Waals surface area (Å²) in [5.41, 5.74) is 0.916. The van der Waals surface area contributed by atoms with Gasteiger partial charge in [-0.25, -0.2) is 9.78 Å². The van der Waals surface area contributed by atoms with E-state index in [1.54, 1.807) is 0 Å². The largest absolute Gasteiger partial charge is 0.445 e. The van der Waals surface area contributed by atoms with E-state index in [2.05, 4.69) is 26.2 Å². The predicted octanol–water partition coefficient (Wildman–Crippen LogP) is 2.32. The quantitative estimate of drug-likeness (QED) is 0.782. The Kier molecular flexibility index (Phi) is 5.32. The number of rotatable bonds is 4. The molecule has 0 radical (unpaired) electrons. The van der Waals surface area contributed by atoms with Gasteiger partial charge in [0.05, 0.1) is 12.1 Å². The van der Waals surface area contributed by atoms with Crippen molar-refractivity contribution < 1.29 is 14.6 Å². The molecule has 7 heteroatoms. The Labute approximate surface area is 148 Å². The lowest BCUT2D eigenvalue weighted by Crippen LogP contribution is -2.43. The zero-order chi connectivity index (χ0) is 16.9. The molecule has 0 spiro atoms. The van der Waals surface area contributed by atoms with Crippen LogP contribution in [0.5, 0.6) is 0 Å². The molecule has 3 rings (SSSR count). The minimum absolute atomic E-state index is 0.201. The van der Waals surface area contributed by atoms with Crippen molar-refractivity contribution in [2.45, 2.75) is 18.8 Å². The number of ether oxygens (including phenoxy) is 1. The van der Waals surface area contributed by atoms with E-state index in [9.17, 15) is 9.90 Å². The minimum atomic E-state index is -0.671. The molecule has 1 fully saturated rings. The summed E-state index contributed by atoms with van der Waals surface area (Å²) >= 11 is 3.33. The first-order valence-electron chi connectivity index (χ1n) is 7.64. The lowest BCUT2D eigenvalue weighted by molar-refractivity contribution is 0.118. The number of β-amino-alcohol motifs (C(OH)–C–C–N with tert-alkyl or cyclic N) is 1. The van der Waals surface area contributed by atoms with Gasteiger partial charge in [0.15, 0.2) is 0 Å². The summed E-state index contributed by atoms with van der Waals surface area (Å²) in [6, 6.07) is 14.7. The first kappa shape index (κ1) is 16.7. The SMILES string of the molecule is O=C(N[C@@H]1CN(c2cccc(Br)n2)C[C@H]1O)OCc1ccccc1. The molecule has 1 aliphatic heterocycles. The number of benzene rings is 1. The average molecular weight is 392 g/mol. The van der Waals surface area contributed by atoms with E-state index in [0.717, 1.165) is 16.0 Å². The topological polar surface area (TPSA) is 74.7 Å². The van der Waals surface area contributed by atoms with Gasteiger partial charge in [-0.1, -0.05) is 36.4 Å². The van der Waals surface area contributed by atoms with Crippen LogP contribution >= 0.6 is 15.9 Å². The van der Waals surface area contributed by atoms with Crippen molar-refractivity contribution in [3.8, 4) is 0 Å². The highest BCUT2D eigenvalue weighted by Crippen LogP contribution is 2.20. The zero-order valence-electron chi connectivity index (χ0n) is 12.9. The van der Waals surface area contributed by atoms with E-state index < -0.39 is 18.2 Å². The van der Waals surface area contributed by atoms with Gasteiger partial charge in [0.2, 0.25) is 0 Å². The molecular weight excluding hydrogens is 374 g/mol. The average Bonchev–Trinajstić information content (AvgIpc) is 2.95. The Balaban J connectivity index is 1.53. The number of hydrogen-bond donors (Lipinski definition) is 2. The van der Waals surface area contributed by atoms with Gasteiger partial charge >= 0.3 is 6.09 Å². The van der Waals surface area contributed by atoms with E-state index in [0.29, 0.717) is 13.1 Å². The van der Waals surface area contributed by atoms with Crippen LogP contribution in [0.25, 0.3) is 0 Å². The number of alkyl carbamates (subject to hydrolysis) is 1. The summed E-state index contributed by atoms with van der Waals surface area (Å²) < 4.78 is 5.93. The first-order valence-corrected chi connectivity index (χ1v) is 8.44. The number of aromatic nitrogens is 1. The molecule has 0 saturated carbocycles. The zero-order valence-corrected chi connectivity index (χ0v) is 14.5. The maximum Gasteiger partial charge on any atom is 0.407 e. The molecule has 2 N–H and O–H groups in total. The van der Waals surface area contributed by atoms with Crippen LogP contribution in [0.3, 0.4) is 0 Å². The smallest absolute Gasteiger partial charge is 0.407 e. The summed E-state index contributed by atoms with van der Waals surface area (Å²) in [5, 5.41) is 12.9. The highest BCUT2D eigenvalue weighted by atomic mass is 79.9. The van der Waals surface area contributed by atoms with Gasteiger partial charge in [0.1, 0.15) is 17.0 Å². The fourth-order valence-electron chi connectivity index (χ4n) is 2.61. The number of nitrogens with zero attached hydrogens (tertiary/aromatic N) is 2. The Morgan fingerprint density at radius 1 is 1.25 bits per heavy atom. The Morgan fingerprint density at radius 2 is 2.04 bits per heavy atom. The number of carbonyl (C=O) groups excluding carboxylic acids is 1. The van der Waals surface area contributed by atoms with E-state index >= 15 is 0 Å². The Hall–Kier alpha value is -2.12. The van der Waals surface area contributed by atoms with Crippen LogP contribution in [0.2, 0.25) is 0 Å². The van der Waals surface area contributed by atoms with Gasteiger partial charge in [-0.2, -0.15) is 0 Å². The lowest BCUT2D eigenvalue weighted by atomic mass is 10.2. The van der Waals surface area contributed by atoms with Crippen LogP contribution in [0, 0.1) is 0 Å². The molecular formula is C17H18BrN3O3. The summed E-state index contributed by atoms with van der Waals surface area (Å²) in [6.07, 6.45) is -1.21. The number of aliphatic hydroxyl groups excluding tert-OH is 1. The molecule has 1 aromatic heterocycles. The van der Waals surface area contributed by atoms with Crippen molar-refractivity contribution in [2.75, 3.05) is 18.0 Å². The fourth-order valence-corrected chi connectivity index (χ4v) is 2.94. The monoisotopic (exact) mass is 391 g/mol. The van der Waals surface area contributed by atoms with Crippen molar-refractivity contribution in [3.63, 3.8) is 0 Å². The van der Waals surface area contributed by atoms with Gasteiger partial charge in [0.25, 0.3) is 0 Å². The van der Waals surface area contributed by atoms with E-state index in [1.165, 1.54) is 0 Å². The molecule has 24 heavy (non-hydrogen) atoms. The van der Waals surface area contributed by atoms with Crippen LogP contribution < -0.4 is 10.2 Å². The highest BCUT2D eigenvalue weighted by Gasteiger charge is 2.33. The number of aliphatic hydroxyl groups is 1. The Bertz CT molecular complexity index is 698. The maximum absolute atomic E-state index is 11.9. The molecule has 2 heterocycles. The standard InChI is InChI=1S/C17H18BrN3O3/c18-15-7-4-8-16(20-15)21-9-13(14(22)10-21)19-17(23)24-11-12-5-2-1-3-6-12/h1-8,13-14,22H,9-11H2,(H,19,23)/t13-,14-/m1/s1. The second-order valence-corrected chi connectivity index (χ2v) is 6.42. The second kappa shape index (κ2) is 7.63. The molecule has 0 unspecified atom stereocenters. The van der Waals surface area contributed by atoms with Crippen molar-refractivity contribution in [3.05, 3.63) is 58.7 Å². The molecule has 126 valence electrons. The van der Waals surface area contributed by atoms with Gasteiger partial charge in [0, 0.05) is 13.1 Å². The predicted molar refractivity (Wildman–Crippen MR) is 93.7 cm³/mol. The molecule has 1 amide bonds. The van der Waals surface area contributed by atoms with Gasteiger partial charge < -0.3 is 20.1 Å². The van der Waals surface area contributed by atoms with Crippen molar-refractivity contribution in [1.82, 2.24) is 10.3 Å². The van der Waals surface area contributed by atoms with Crippen molar-refractivity contribution in [2.24, 2.45) is 0 Å². The van der Waals surface area contributed by atoms with Crippen LogP contribution in [-0.4, -0.2) is 41.4 Å². The molecule has 6 nitrogen and oxygen atoms in total. The van der Waals surface area contributed by atoms with Gasteiger partial charge in [-0.15, -0.1) is 0 Å². The van der Waals surface area contributed by atoms with Crippen molar-refractivity contribution in [1.29, 1.82) is 0 Å². The van der Waals surface area contributed by atoms with Crippen LogP contribution in [0.15, 0.2) is 53.1 Å². The molecule has 0 aliphatic carbocycles. The lowest BCUT2D eigenvalue weighted by Gasteiger charge is -2.17. The summed E-state index contributed by atoms with van der Waals surface area (Å²) in [4.78, 5) is 18.2. The third-order valence-electron chi connectivity index (χ3n) is 3.83. The van der Waals surface area contributed by atoms with Crippen LogP contribution in [0.1, 0.15) is 5.56 Å². The molecule has 2 aromatic rings. The second-order valence-electron chi connectivity index (χ2n) is 5.60. The fraction of sp³-hybridized carbons (Fsp3) is 0.294.